The highest BCUT2D eigenvalue weighted by atomic mass is 32.2. The predicted octanol–water partition coefficient (Wildman–Crippen LogP) is 3.95. The second-order valence-corrected chi connectivity index (χ2v) is 12.8. The number of nitrogens with one attached hydrogen (secondary N) is 3. The third-order valence-corrected chi connectivity index (χ3v) is 8.77. The number of non-ortho nitro benzene ring substituents is 1. The number of carbonyl (C=O) groups excluding carboxylic acids is 5. The third-order valence-electron chi connectivity index (χ3n) is 7.67. The van der Waals surface area contributed by atoms with Crippen molar-refractivity contribution in [2.75, 3.05) is 5.75 Å². The fraction of sp³-hybridized carbons (Fsp3) is 0.237. The number of alkyl carbamates (subject to hydrolysis) is 1. The number of hydrogen-bond donors (Lipinski definition) is 4. The largest absolute Gasteiger partial charge is 0.459 e. The van der Waals surface area contributed by atoms with Crippen molar-refractivity contribution in [3.05, 3.63) is 148 Å². The van der Waals surface area contributed by atoms with Crippen molar-refractivity contribution in [2.45, 2.75) is 49.9 Å². The molecule has 5 N–H and O–H groups in total. The van der Waals surface area contributed by atoms with E-state index in [1.807, 2.05) is 42.5 Å². The van der Waals surface area contributed by atoms with Gasteiger partial charge in [-0.05, 0) is 34.4 Å². The van der Waals surface area contributed by atoms with Gasteiger partial charge in [0, 0.05) is 30.1 Å². The Morgan fingerprint density at radius 2 is 1.15 bits per heavy atom. The molecule has 4 aromatic rings. The van der Waals surface area contributed by atoms with Crippen molar-refractivity contribution < 1.29 is 38.4 Å². The first kappa shape index (κ1) is 39.6. The molecule has 4 rings (SSSR count). The van der Waals surface area contributed by atoms with Gasteiger partial charge in [-0.3, -0.25) is 24.5 Å². The van der Waals surface area contributed by atoms with Gasteiger partial charge in [0.1, 0.15) is 31.3 Å². The molecule has 0 bridgehead atoms. The number of primary amides is 1. The quantitative estimate of drug-likeness (QED) is 0.0618. The van der Waals surface area contributed by atoms with Crippen LogP contribution < -0.4 is 21.7 Å². The molecule has 4 amide bonds. The van der Waals surface area contributed by atoms with Crippen molar-refractivity contribution in [2.24, 2.45) is 5.73 Å². The van der Waals surface area contributed by atoms with Gasteiger partial charge in [-0.15, -0.1) is 0 Å². The summed E-state index contributed by atoms with van der Waals surface area (Å²) in [7, 11) is 0. The molecular formula is C38H39N5O9S. The van der Waals surface area contributed by atoms with Gasteiger partial charge in [0.2, 0.25) is 17.7 Å². The SMILES string of the molecule is NC(=O)C[C@H](NC(=O)[C@H](CSCc1ccccc1)NC(=O)[C@H](Cc1ccccc1)NC(=O)OCc1ccccc1)C(=O)OCc1ccc([N+](=O)[O-])cc1. The lowest BCUT2D eigenvalue weighted by molar-refractivity contribution is -0.384. The van der Waals surface area contributed by atoms with Gasteiger partial charge in [-0.1, -0.05) is 91.0 Å². The maximum absolute atomic E-state index is 13.8. The minimum atomic E-state index is -1.51. The van der Waals surface area contributed by atoms with Crippen LogP contribution in [0, 0.1) is 10.1 Å². The van der Waals surface area contributed by atoms with Gasteiger partial charge in [-0.25, -0.2) is 9.59 Å². The van der Waals surface area contributed by atoms with E-state index in [1.54, 1.807) is 48.5 Å². The number of amides is 4. The fourth-order valence-corrected chi connectivity index (χ4v) is 5.94. The molecule has 15 heteroatoms. The Labute approximate surface area is 310 Å². The van der Waals surface area contributed by atoms with E-state index in [0.29, 0.717) is 11.3 Å². The van der Waals surface area contributed by atoms with E-state index < -0.39 is 59.3 Å². The molecule has 0 fully saturated rings. The second-order valence-electron chi connectivity index (χ2n) is 11.8. The van der Waals surface area contributed by atoms with Crippen LogP contribution in [0.25, 0.3) is 0 Å². The van der Waals surface area contributed by atoms with E-state index in [2.05, 4.69) is 16.0 Å². The molecule has 14 nitrogen and oxygen atoms in total. The number of nitrogens with two attached hydrogens (primary N) is 1. The number of esters is 1. The number of hydrogen-bond acceptors (Lipinski definition) is 10. The van der Waals surface area contributed by atoms with Crippen molar-refractivity contribution in [3.63, 3.8) is 0 Å². The second kappa shape index (κ2) is 20.6. The Morgan fingerprint density at radius 3 is 1.74 bits per heavy atom. The normalized spacial score (nSPS) is 12.3. The van der Waals surface area contributed by atoms with Crippen LogP contribution in [0.2, 0.25) is 0 Å². The Kier molecular flexibility index (Phi) is 15.4. The summed E-state index contributed by atoms with van der Waals surface area (Å²) in [5.41, 5.74) is 8.11. The van der Waals surface area contributed by atoms with E-state index in [0.717, 1.165) is 16.7 Å². The smallest absolute Gasteiger partial charge is 0.408 e. The summed E-state index contributed by atoms with van der Waals surface area (Å²) in [6, 6.07) is 28.8. The molecule has 53 heavy (non-hydrogen) atoms. The number of rotatable bonds is 19. The number of carbonyl (C=O) groups is 5. The van der Waals surface area contributed by atoms with Crippen LogP contribution in [0.5, 0.6) is 0 Å². The first-order chi connectivity index (χ1) is 25.6. The summed E-state index contributed by atoms with van der Waals surface area (Å²) >= 11 is 1.34. The highest BCUT2D eigenvalue weighted by Gasteiger charge is 2.31. The summed E-state index contributed by atoms with van der Waals surface area (Å²) in [5.74, 6) is -2.85. The lowest BCUT2D eigenvalue weighted by Gasteiger charge is -2.25. The van der Waals surface area contributed by atoms with Crippen LogP contribution in [0.4, 0.5) is 10.5 Å². The maximum Gasteiger partial charge on any atom is 0.408 e. The Hall–Kier alpha value is -6.22. The van der Waals surface area contributed by atoms with Crippen molar-refractivity contribution in [1.82, 2.24) is 16.0 Å². The van der Waals surface area contributed by atoms with Gasteiger partial charge in [-0.2, -0.15) is 11.8 Å². The van der Waals surface area contributed by atoms with Crippen LogP contribution >= 0.6 is 11.8 Å². The molecule has 0 aliphatic rings. The zero-order valence-electron chi connectivity index (χ0n) is 28.6. The zero-order chi connectivity index (χ0) is 38.0. The van der Waals surface area contributed by atoms with Gasteiger partial charge in [0.15, 0.2) is 0 Å². The molecule has 0 spiro atoms. The van der Waals surface area contributed by atoms with Crippen molar-refractivity contribution in [3.8, 4) is 0 Å². The lowest BCUT2D eigenvalue weighted by atomic mass is 10.0. The van der Waals surface area contributed by atoms with Crippen LogP contribution in [0.1, 0.15) is 28.7 Å². The summed E-state index contributed by atoms with van der Waals surface area (Å²) < 4.78 is 10.7. The standard InChI is InChI=1S/C38H39N5O9S/c39-34(44)21-32(37(47)51-22-28-16-18-30(19-17-28)43(49)50)40-36(46)33(25-53-24-29-14-8-3-9-15-29)41-35(45)31(20-26-10-4-1-5-11-26)42-38(48)52-23-27-12-6-2-7-13-27/h1-19,31-33H,20-25H2,(H2,39,44)(H,40,46)(H,41,45)(H,42,48)/t31-,32-,33-/m0/s1. The topological polar surface area (TPSA) is 209 Å². The molecule has 3 atom stereocenters. The van der Waals surface area contributed by atoms with Crippen LogP contribution in [0.3, 0.4) is 0 Å². The number of thioether (sulfide) groups is 1. The van der Waals surface area contributed by atoms with Crippen molar-refractivity contribution in [1.29, 1.82) is 0 Å². The van der Waals surface area contributed by atoms with E-state index in [-0.39, 0.29) is 31.1 Å². The van der Waals surface area contributed by atoms with Crippen LogP contribution in [-0.4, -0.2) is 58.6 Å². The number of nitrogens with zero attached hydrogens (tertiary/aromatic N) is 1. The summed E-state index contributed by atoms with van der Waals surface area (Å²) in [5, 5.41) is 18.8. The van der Waals surface area contributed by atoms with Gasteiger partial charge < -0.3 is 31.2 Å². The molecule has 0 aromatic heterocycles. The molecule has 0 saturated carbocycles. The number of ether oxygens (including phenoxy) is 2. The number of nitro benzene ring substituents is 1. The monoisotopic (exact) mass is 741 g/mol. The first-order valence-electron chi connectivity index (χ1n) is 16.5. The average molecular weight is 742 g/mol. The molecule has 0 aliphatic carbocycles. The maximum atomic E-state index is 13.8. The Balaban J connectivity index is 1.49. The van der Waals surface area contributed by atoms with Gasteiger partial charge in [0.25, 0.3) is 5.69 Å². The van der Waals surface area contributed by atoms with Crippen LogP contribution in [-0.2, 0) is 54.0 Å². The molecule has 0 heterocycles. The molecule has 276 valence electrons. The summed E-state index contributed by atoms with van der Waals surface area (Å²) in [6.45, 7) is -0.336. The number of benzene rings is 4. The van der Waals surface area contributed by atoms with E-state index >= 15 is 0 Å². The molecular weight excluding hydrogens is 703 g/mol. The molecule has 0 radical (unpaired) electrons. The predicted molar refractivity (Wildman–Crippen MR) is 197 cm³/mol. The molecule has 0 aliphatic heterocycles. The van der Waals surface area contributed by atoms with Crippen molar-refractivity contribution >= 4 is 47.2 Å². The van der Waals surface area contributed by atoms with E-state index in [4.69, 9.17) is 15.2 Å². The zero-order valence-corrected chi connectivity index (χ0v) is 29.4. The summed E-state index contributed by atoms with van der Waals surface area (Å²) in [6.07, 6.45) is -1.38. The average Bonchev–Trinajstić information content (AvgIpc) is 3.16. The minimum absolute atomic E-state index is 0.0327. The fourth-order valence-electron chi connectivity index (χ4n) is 4.93. The van der Waals surface area contributed by atoms with E-state index in [9.17, 15) is 34.1 Å². The molecule has 4 aromatic carbocycles. The molecule has 0 saturated heterocycles. The van der Waals surface area contributed by atoms with Gasteiger partial charge >= 0.3 is 12.1 Å². The van der Waals surface area contributed by atoms with Gasteiger partial charge in [0.05, 0.1) is 11.3 Å². The van der Waals surface area contributed by atoms with Crippen LogP contribution in [0.15, 0.2) is 115 Å². The highest BCUT2D eigenvalue weighted by molar-refractivity contribution is 7.98. The summed E-state index contributed by atoms with van der Waals surface area (Å²) in [4.78, 5) is 75.9. The third kappa shape index (κ3) is 13.8. The first-order valence-corrected chi connectivity index (χ1v) is 17.6. The molecule has 0 unspecified atom stereocenters. The lowest BCUT2D eigenvalue weighted by Crippen LogP contribution is -2.57. The van der Waals surface area contributed by atoms with E-state index in [1.165, 1.54) is 36.0 Å². The minimum Gasteiger partial charge on any atom is -0.459 e. The highest BCUT2D eigenvalue weighted by Crippen LogP contribution is 2.16. The Morgan fingerprint density at radius 1 is 0.642 bits per heavy atom. The number of nitro groups is 1. The Bertz CT molecular complexity index is 1830.